The number of amides is 1. The van der Waals surface area contributed by atoms with E-state index in [1.165, 1.54) is 17.3 Å². The molecule has 0 radical (unpaired) electrons. The number of rotatable bonds is 3. The van der Waals surface area contributed by atoms with Crippen LogP contribution in [0.25, 0.3) is 6.08 Å². The number of amidine groups is 1. The predicted molar refractivity (Wildman–Crippen MR) is 127 cm³/mol. The molecule has 1 saturated heterocycles. The van der Waals surface area contributed by atoms with Gasteiger partial charge < -0.3 is 9.64 Å². The van der Waals surface area contributed by atoms with E-state index in [1.54, 1.807) is 0 Å². The summed E-state index contributed by atoms with van der Waals surface area (Å²) >= 11 is 1.50. The summed E-state index contributed by atoms with van der Waals surface area (Å²) in [5, 5.41) is 0.847. The van der Waals surface area contributed by atoms with Gasteiger partial charge in [-0.2, -0.15) is 4.99 Å². The molecule has 3 aliphatic rings. The molecule has 1 unspecified atom stereocenters. The summed E-state index contributed by atoms with van der Waals surface area (Å²) in [5.74, 6) is 1.44. The standard InChI is InChI=1S/C26H26N2O2S/c1-18-22(16-21-9-5-6-10-23(21)30-18)17-24-25(29)27-26(31-24)28-13-11-20(12-14-28)15-19-7-3-2-4-8-19/h2-10,16-18,20H,11-15H2,1H3/b24-17+. The van der Waals surface area contributed by atoms with Crippen LogP contribution in [-0.2, 0) is 11.2 Å². The quantitative estimate of drug-likeness (QED) is 0.618. The predicted octanol–water partition coefficient (Wildman–Crippen LogP) is 5.32. The molecule has 3 heterocycles. The molecule has 0 N–H and O–H groups in total. The van der Waals surface area contributed by atoms with Crippen molar-refractivity contribution in [1.29, 1.82) is 0 Å². The number of benzene rings is 2. The zero-order valence-corrected chi connectivity index (χ0v) is 18.5. The van der Waals surface area contributed by atoms with Crippen LogP contribution in [-0.4, -0.2) is 35.2 Å². The summed E-state index contributed by atoms with van der Waals surface area (Å²) in [7, 11) is 0. The summed E-state index contributed by atoms with van der Waals surface area (Å²) in [6, 6.07) is 18.7. The molecule has 0 spiro atoms. The highest BCUT2D eigenvalue weighted by atomic mass is 32.2. The SMILES string of the molecule is CC1Oc2ccccc2C=C1/C=C1/SC(N2CCC(Cc3ccccc3)CC2)=NC1=O. The van der Waals surface area contributed by atoms with Crippen molar-refractivity contribution in [2.45, 2.75) is 32.3 Å². The van der Waals surface area contributed by atoms with Crippen molar-refractivity contribution >= 4 is 28.9 Å². The summed E-state index contributed by atoms with van der Waals surface area (Å²) in [6.07, 6.45) is 7.37. The first-order valence-electron chi connectivity index (χ1n) is 10.9. The molecule has 1 fully saturated rings. The van der Waals surface area contributed by atoms with Gasteiger partial charge in [0.1, 0.15) is 11.9 Å². The van der Waals surface area contributed by atoms with Crippen molar-refractivity contribution < 1.29 is 9.53 Å². The number of thioether (sulfide) groups is 1. The van der Waals surface area contributed by atoms with Crippen LogP contribution in [0.5, 0.6) is 5.75 Å². The number of fused-ring (bicyclic) bond motifs is 1. The molecule has 0 aromatic heterocycles. The molecule has 0 saturated carbocycles. The van der Waals surface area contributed by atoms with Gasteiger partial charge in [0.2, 0.25) is 0 Å². The van der Waals surface area contributed by atoms with Crippen molar-refractivity contribution in [2.75, 3.05) is 13.1 Å². The van der Waals surface area contributed by atoms with Gasteiger partial charge in [-0.15, -0.1) is 0 Å². The molecule has 1 atom stereocenters. The van der Waals surface area contributed by atoms with E-state index in [-0.39, 0.29) is 12.0 Å². The number of para-hydroxylation sites is 1. The molecule has 158 valence electrons. The van der Waals surface area contributed by atoms with Crippen molar-refractivity contribution in [1.82, 2.24) is 4.90 Å². The lowest BCUT2D eigenvalue weighted by Crippen LogP contribution is -2.37. The number of hydrogen-bond acceptors (Lipinski definition) is 4. The maximum atomic E-state index is 12.6. The van der Waals surface area contributed by atoms with E-state index in [0.29, 0.717) is 10.8 Å². The molecule has 2 aromatic carbocycles. The smallest absolute Gasteiger partial charge is 0.286 e. The number of nitrogens with zero attached hydrogens (tertiary/aromatic N) is 2. The Morgan fingerprint density at radius 2 is 1.84 bits per heavy atom. The summed E-state index contributed by atoms with van der Waals surface area (Å²) in [5.41, 5.74) is 3.46. The maximum Gasteiger partial charge on any atom is 0.286 e. The first-order valence-corrected chi connectivity index (χ1v) is 11.8. The Balaban J connectivity index is 1.22. The molecular weight excluding hydrogens is 404 g/mol. The number of carbonyl (C=O) groups excluding carboxylic acids is 1. The third kappa shape index (κ3) is 4.47. The Kier molecular flexibility index (Phi) is 5.68. The van der Waals surface area contributed by atoms with Crippen molar-refractivity contribution in [3.63, 3.8) is 0 Å². The summed E-state index contributed by atoms with van der Waals surface area (Å²) in [6.45, 7) is 3.93. The Bertz CT molecular complexity index is 1070. The van der Waals surface area contributed by atoms with E-state index in [2.05, 4.69) is 46.3 Å². The zero-order chi connectivity index (χ0) is 21.2. The summed E-state index contributed by atoms with van der Waals surface area (Å²) < 4.78 is 6.01. The van der Waals surface area contributed by atoms with Gasteiger partial charge in [0.05, 0.1) is 4.91 Å². The fraction of sp³-hybridized carbons (Fsp3) is 0.308. The number of likely N-dealkylation sites (tertiary alicyclic amines) is 1. The lowest BCUT2D eigenvalue weighted by Gasteiger charge is -2.32. The number of piperidine rings is 1. The lowest BCUT2D eigenvalue weighted by atomic mass is 9.90. The molecule has 5 heteroatoms. The van der Waals surface area contributed by atoms with E-state index in [1.807, 2.05) is 37.3 Å². The monoisotopic (exact) mass is 430 g/mol. The first kappa shape index (κ1) is 20.1. The third-order valence-electron chi connectivity index (χ3n) is 6.17. The van der Waals surface area contributed by atoms with Gasteiger partial charge in [0.15, 0.2) is 5.17 Å². The molecule has 0 aliphatic carbocycles. The van der Waals surface area contributed by atoms with E-state index >= 15 is 0 Å². The molecule has 1 amide bonds. The zero-order valence-electron chi connectivity index (χ0n) is 17.7. The number of carbonyl (C=O) groups is 1. The molecular formula is C26H26N2O2S. The van der Waals surface area contributed by atoms with Gasteiger partial charge in [-0.1, -0.05) is 48.5 Å². The molecule has 2 aromatic rings. The fourth-order valence-electron chi connectivity index (χ4n) is 4.38. The van der Waals surface area contributed by atoms with E-state index in [9.17, 15) is 4.79 Å². The second-order valence-corrected chi connectivity index (χ2v) is 9.38. The minimum atomic E-state index is -0.140. The average Bonchev–Trinajstić information content (AvgIpc) is 3.16. The Morgan fingerprint density at radius 1 is 1.10 bits per heavy atom. The van der Waals surface area contributed by atoms with Crippen LogP contribution in [0, 0.1) is 5.92 Å². The Labute approximate surface area is 187 Å². The highest BCUT2D eigenvalue weighted by Crippen LogP contribution is 2.35. The highest BCUT2D eigenvalue weighted by Gasteiger charge is 2.30. The van der Waals surface area contributed by atoms with E-state index < -0.39 is 0 Å². The summed E-state index contributed by atoms with van der Waals surface area (Å²) in [4.78, 5) is 19.9. The van der Waals surface area contributed by atoms with Crippen LogP contribution >= 0.6 is 11.8 Å². The van der Waals surface area contributed by atoms with Gasteiger partial charge in [0.25, 0.3) is 5.91 Å². The highest BCUT2D eigenvalue weighted by molar-refractivity contribution is 8.18. The van der Waals surface area contributed by atoms with Crippen molar-refractivity contribution in [3.05, 3.63) is 82.3 Å². The van der Waals surface area contributed by atoms with Crippen molar-refractivity contribution in [2.24, 2.45) is 10.9 Å². The largest absolute Gasteiger partial charge is 0.485 e. The van der Waals surface area contributed by atoms with Gasteiger partial charge in [-0.05, 0) is 73.2 Å². The maximum absolute atomic E-state index is 12.6. The van der Waals surface area contributed by atoms with Crippen LogP contribution in [0.1, 0.15) is 30.9 Å². The van der Waals surface area contributed by atoms with Crippen LogP contribution in [0.15, 0.2) is 76.1 Å². The third-order valence-corrected chi connectivity index (χ3v) is 7.22. The first-order chi connectivity index (χ1) is 15.2. The van der Waals surface area contributed by atoms with Crippen LogP contribution in [0.2, 0.25) is 0 Å². The van der Waals surface area contributed by atoms with Gasteiger partial charge >= 0.3 is 0 Å². The Hall–Kier alpha value is -2.79. The van der Waals surface area contributed by atoms with E-state index in [0.717, 1.165) is 54.4 Å². The van der Waals surface area contributed by atoms with E-state index in [4.69, 9.17) is 4.74 Å². The number of hydrogen-bond donors (Lipinski definition) is 0. The van der Waals surface area contributed by atoms with Crippen LogP contribution in [0.4, 0.5) is 0 Å². The molecule has 3 aliphatic heterocycles. The van der Waals surface area contributed by atoms with Gasteiger partial charge in [0, 0.05) is 18.7 Å². The topological polar surface area (TPSA) is 41.9 Å². The molecule has 4 nitrogen and oxygen atoms in total. The molecule has 5 rings (SSSR count). The minimum absolute atomic E-state index is 0.0893. The Morgan fingerprint density at radius 3 is 2.65 bits per heavy atom. The van der Waals surface area contributed by atoms with Gasteiger partial charge in [-0.25, -0.2) is 0 Å². The minimum Gasteiger partial charge on any atom is -0.485 e. The number of ether oxygens (including phenoxy) is 1. The molecule has 0 bridgehead atoms. The second kappa shape index (κ2) is 8.75. The van der Waals surface area contributed by atoms with Crippen LogP contribution < -0.4 is 4.74 Å². The molecule has 31 heavy (non-hydrogen) atoms. The average molecular weight is 431 g/mol. The van der Waals surface area contributed by atoms with Gasteiger partial charge in [-0.3, -0.25) is 4.79 Å². The fourth-order valence-corrected chi connectivity index (χ4v) is 5.35. The van der Waals surface area contributed by atoms with Crippen LogP contribution in [0.3, 0.4) is 0 Å². The van der Waals surface area contributed by atoms with Crippen molar-refractivity contribution in [3.8, 4) is 5.75 Å². The number of aliphatic imine (C=N–C) groups is 1. The second-order valence-electron chi connectivity index (χ2n) is 8.37. The lowest BCUT2D eigenvalue weighted by molar-refractivity contribution is -0.113. The normalized spacial score (nSPS) is 22.7.